The molecule has 1 rings (SSSR count). The molecule has 0 heterocycles. The Hall–Kier alpha value is -1.88. The van der Waals surface area contributed by atoms with Crippen LogP contribution < -0.4 is 10.6 Å². The molecular formula is C20H32N2O3. The molecule has 2 atom stereocenters. The zero-order chi connectivity index (χ0) is 18.7. The van der Waals surface area contributed by atoms with E-state index in [1.165, 1.54) is 0 Å². The molecule has 140 valence electrons. The summed E-state index contributed by atoms with van der Waals surface area (Å²) < 4.78 is 5.46. The van der Waals surface area contributed by atoms with Gasteiger partial charge in [0.2, 0.25) is 11.8 Å². The van der Waals surface area contributed by atoms with Gasteiger partial charge in [-0.05, 0) is 24.8 Å². The number of rotatable bonds is 11. The fourth-order valence-corrected chi connectivity index (χ4v) is 2.51. The van der Waals surface area contributed by atoms with Gasteiger partial charge in [-0.15, -0.1) is 0 Å². The maximum absolute atomic E-state index is 12.6. The molecule has 5 nitrogen and oxygen atoms in total. The van der Waals surface area contributed by atoms with Gasteiger partial charge in [0.1, 0.15) is 6.04 Å². The topological polar surface area (TPSA) is 67.4 Å². The first-order chi connectivity index (χ1) is 12.0. The van der Waals surface area contributed by atoms with Gasteiger partial charge >= 0.3 is 0 Å². The fraction of sp³-hybridized carbons (Fsp3) is 0.600. The standard InChI is InChI=1S/C20H32N2O3/c1-5-10-17(20(24)22-18(15(3)4)14-25-6-2)21-19(23)13-16-11-8-7-9-12-16/h7-9,11-12,15,17-18H,5-6,10,13-14H2,1-4H3,(H,21,23)(H,22,24). The Morgan fingerprint density at radius 2 is 1.76 bits per heavy atom. The van der Waals surface area contributed by atoms with E-state index in [2.05, 4.69) is 10.6 Å². The molecule has 1 aromatic rings. The molecule has 2 unspecified atom stereocenters. The van der Waals surface area contributed by atoms with E-state index in [-0.39, 0.29) is 30.2 Å². The second kappa shape index (κ2) is 11.6. The van der Waals surface area contributed by atoms with Crippen molar-refractivity contribution in [3.63, 3.8) is 0 Å². The van der Waals surface area contributed by atoms with Crippen LogP contribution in [0, 0.1) is 5.92 Å². The Morgan fingerprint density at radius 1 is 1.08 bits per heavy atom. The third-order valence-electron chi connectivity index (χ3n) is 4.07. The van der Waals surface area contributed by atoms with Crippen molar-refractivity contribution in [3.8, 4) is 0 Å². The van der Waals surface area contributed by atoms with E-state index in [4.69, 9.17) is 4.74 Å². The van der Waals surface area contributed by atoms with Crippen molar-refractivity contribution in [1.29, 1.82) is 0 Å². The third-order valence-corrected chi connectivity index (χ3v) is 4.07. The quantitative estimate of drug-likeness (QED) is 0.646. The van der Waals surface area contributed by atoms with Crippen molar-refractivity contribution in [2.45, 2.75) is 59.0 Å². The molecule has 0 aliphatic carbocycles. The first-order valence-corrected chi connectivity index (χ1v) is 9.19. The van der Waals surface area contributed by atoms with Crippen molar-refractivity contribution in [1.82, 2.24) is 10.6 Å². The first-order valence-electron chi connectivity index (χ1n) is 9.19. The molecule has 0 spiro atoms. The second-order valence-corrected chi connectivity index (χ2v) is 6.59. The summed E-state index contributed by atoms with van der Waals surface area (Å²) in [4.78, 5) is 24.9. The molecule has 2 amide bonds. The van der Waals surface area contributed by atoms with Gasteiger partial charge in [0, 0.05) is 6.61 Å². The fourth-order valence-electron chi connectivity index (χ4n) is 2.51. The summed E-state index contributed by atoms with van der Waals surface area (Å²) in [6, 6.07) is 8.97. The predicted octanol–water partition coefficient (Wildman–Crippen LogP) is 2.69. The van der Waals surface area contributed by atoms with Gasteiger partial charge in [-0.25, -0.2) is 0 Å². The summed E-state index contributed by atoms with van der Waals surface area (Å²) in [6.45, 7) is 9.13. The highest BCUT2D eigenvalue weighted by molar-refractivity contribution is 5.88. The zero-order valence-electron chi connectivity index (χ0n) is 15.9. The molecule has 0 bridgehead atoms. The predicted molar refractivity (Wildman–Crippen MR) is 100 cm³/mol. The largest absolute Gasteiger partial charge is 0.380 e. The summed E-state index contributed by atoms with van der Waals surface area (Å²) in [5.74, 6) is -0.00910. The smallest absolute Gasteiger partial charge is 0.242 e. The van der Waals surface area contributed by atoms with E-state index in [1.54, 1.807) is 0 Å². The molecule has 0 radical (unpaired) electrons. The van der Waals surface area contributed by atoms with E-state index in [1.807, 2.05) is 58.0 Å². The average Bonchev–Trinajstić information content (AvgIpc) is 2.58. The Morgan fingerprint density at radius 3 is 2.32 bits per heavy atom. The van der Waals surface area contributed by atoms with E-state index in [9.17, 15) is 9.59 Å². The van der Waals surface area contributed by atoms with Gasteiger partial charge in [-0.1, -0.05) is 57.5 Å². The molecular weight excluding hydrogens is 316 g/mol. The molecule has 0 aliphatic heterocycles. The normalized spacial score (nSPS) is 13.3. The Kier molecular flexibility index (Phi) is 9.85. The van der Waals surface area contributed by atoms with Crippen molar-refractivity contribution in [2.75, 3.05) is 13.2 Å². The average molecular weight is 348 g/mol. The van der Waals surface area contributed by atoms with Crippen LogP contribution in [0.1, 0.15) is 46.1 Å². The summed E-state index contributed by atoms with van der Waals surface area (Å²) in [5.41, 5.74) is 0.937. The molecule has 2 N–H and O–H groups in total. The first kappa shape index (κ1) is 21.2. The Bertz CT molecular complexity index is 517. The molecule has 0 saturated carbocycles. The Labute approximate surface area is 151 Å². The van der Waals surface area contributed by atoms with Crippen LogP contribution in [0.5, 0.6) is 0 Å². The molecule has 25 heavy (non-hydrogen) atoms. The number of nitrogens with one attached hydrogen (secondary N) is 2. The number of hydrogen-bond donors (Lipinski definition) is 2. The number of carbonyl (C=O) groups is 2. The molecule has 0 fully saturated rings. The summed E-state index contributed by atoms with van der Waals surface area (Å²) in [6.07, 6.45) is 1.72. The van der Waals surface area contributed by atoms with Crippen LogP contribution in [-0.2, 0) is 20.7 Å². The summed E-state index contributed by atoms with van der Waals surface area (Å²) in [5, 5.41) is 5.90. The lowest BCUT2D eigenvalue weighted by Crippen LogP contribution is -2.52. The number of hydrogen-bond acceptors (Lipinski definition) is 3. The lowest BCUT2D eigenvalue weighted by Gasteiger charge is -2.25. The molecule has 1 aromatic carbocycles. The van der Waals surface area contributed by atoms with Crippen LogP contribution >= 0.6 is 0 Å². The lowest BCUT2D eigenvalue weighted by atomic mass is 10.0. The van der Waals surface area contributed by atoms with Crippen LogP contribution in [-0.4, -0.2) is 37.1 Å². The summed E-state index contributed by atoms with van der Waals surface area (Å²) in [7, 11) is 0. The van der Waals surface area contributed by atoms with Gasteiger partial charge < -0.3 is 15.4 Å². The minimum Gasteiger partial charge on any atom is -0.380 e. The van der Waals surface area contributed by atoms with E-state index < -0.39 is 6.04 Å². The van der Waals surface area contributed by atoms with E-state index in [0.717, 1.165) is 12.0 Å². The molecule has 0 aliphatic rings. The lowest BCUT2D eigenvalue weighted by molar-refractivity contribution is -0.129. The van der Waals surface area contributed by atoms with Crippen LogP contribution in [0.25, 0.3) is 0 Å². The van der Waals surface area contributed by atoms with Gasteiger partial charge in [-0.3, -0.25) is 9.59 Å². The van der Waals surface area contributed by atoms with Gasteiger partial charge in [0.15, 0.2) is 0 Å². The van der Waals surface area contributed by atoms with Gasteiger partial charge in [-0.2, -0.15) is 0 Å². The highest BCUT2D eigenvalue weighted by Crippen LogP contribution is 2.06. The van der Waals surface area contributed by atoms with Crippen LogP contribution in [0.2, 0.25) is 0 Å². The number of ether oxygens (including phenoxy) is 1. The van der Waals surface area contributed by atoms with Crippen molar-refractivity contribution in [3.05, 3.63) is 35.9 Å². The number of benzene rings is 1. The van der Waals surface area contributed by atoms with Crippen molar-refractivity contribution < 1.29 is 14.3 Å². The second-order valence-electron chi connectivity index (χ2n) is 6.59. The van der Waals surface area contributed by atoms with Crippen LogP contribution in [0.4, 0.5) is 0 Å². The third kappa shape index (κ3) is 8.16. The SMILES string of the molecule is CCCC(NC(=O)Cc1ccccc1)C(=O)NC(COCC)C(C)C. The number of carbonyl (C=O) groups excluding carboxylic acids is 2. The minimum absolute atomic E-state index is 0.0576. The van der Waals surface area contributed by atoms with E-state index >= 15 is 0 Å². The Balaban J connectivity index is 2.63. The minimum atomic E-state index is -0.510. The van der Waals surface area contributed by atoms with E-state index in [0.29, 0.717) is 19.6 Å². The van der Waals surface area contributed by atoms with Crippen LogP contribution in [0.3, 0.4) is 0 Å². The summed E-state index contributed by atoms with van der Waals surface area (Å²) >= 11 is 0. The maximum Gasteiger partial charge on any atom is 0.242 e. The van der Waals surface area contributed by atoms with Crippen LogP contribution in [0.15, 0.2) is 30.3 Å². The van der Waals surface area contributed by atoms with Crippen molar-refractivity contribution >= 4 is 11.8 Å². The highest BCUT2D eigenvalue weighted by atomic mass is 16.5. The van der Waals surface area contributed by atoms with Crippen molar-refractivity contribution in [2.24, 2.45) is 5.92 Å². The zero-order valence-corrected chi connectivity index (χ0v) is 15.9. The molecule has 0 aromatic heterocycles. The highest BCUT2D eigenvalue weighted by Gasteiger charge is 2.24. The van der Waals surface area contributed by atoms with Gasteiger partial charge in [0.05, 0.1) is 19.1 Å². The van der Waals surface area contributed by atoms with Gasteiger partial charge in [0.25, 0.3) is 0 Å². The molecule has 0 saturated heterocycles. The number of amides is 2. The monoisotopic (exact) mass is 348 g/mol. The molecule has 5 heteroatoms. The maximum atomic E-state index is 12.6.